The van der Waals surface area contributed by atoms with E-state index in [0.29, 0.717) is 6.04 Å². The average molecular weight is 238 g/mol. The Hall–Kier alpha value is -0.740. The van der Waals surface area contributed by atoms with Gasteiger partial charge in [0.05, 0.1) is 0 Å². The molecule has 1 atom stereocenters. The molecule has 1 aromatic carbocycles. The van der Waals surface area contributed by atoms with Crippen LogP contribution in [0.3, 0.4) is 0 Å². The van der Waals surface area contributed by atoms with Crippen LogP contribution in [-0.4, -0.2) is 11.5 Å². The van der Waals surface area contributed by atoms with Gasteiger partial charge >= 0.3 is 0 Å². The second-order valence-corrected chi connectivity index (χ2v) is 5.58. The average Bonchev–Trinajstić information content (AvgIpc) is 2.86. The van der Waals surface area contributed by atoms with Gasteiger partial charge in [-0.1, -0.05) is 24.6 Å². The Morgan fingerprint density at radius 1 is 1.31 bits per heavy atom. The first kappa shape index (κ1) is 10.4. The number of thioether (sulfide) groups is 1. The molecule has 2 aliphatic rings. The van der Waals surface area contributed by atoms with Crippen molar-refractivity contribution in [2.24, 2.45) is 0 Å². The van der Waals surface area contributed by atoms with Crippen LogP contribution in [0, 0.1) is 5.82 Å². The summed E-state index contributed by atoms with van der Waals surface area (Å²) in [6.07, 6.45) is 5.19. The molecule has 0 bridgehead atoms. The molecule has 0 spiro atoms. The lowest BCUT2D eigenvalue weighted by Gasteiger charge is -2.18. The van der Waals surface area contributed by atoms with Gasteiger partial charge in [-0.3, -0.25) is 5.32 Å². The molecule has 1 aromatic rings. The standard InChI is InChI=1S/C12H15FN2S/c13-8-5-6-10-11(7-8)16-12(15-10)14-9-3-1-2-4-9/h5-7,9,12,14-15H,1-4H2. The lowest BCUT2D eigenvalue weighted by Crippen LogP contribution is -2.37. The molecule has 3 rings (SSSR count). The van der Waals surface area contributed by atoms with E-state index in [1.807, 2.05) is 6.07 Å². The van der Waals surface area contributed by atoms with Gasteiger partial charge in [-0.2, -0.15) is 0 Å². The smallest absolute Gasteiger partial charge is 0.130 e. The molecule has 0 amide bonds. The molecule has 0 radical (unpaired) electrons. The second kappa shape index (κ2) is 4.26. The molecule has 1 aliphatic carbocycles. The first-order valence-electron chi connectivity index (χ1n) is 5.80. The number of anilines is 1. The maximum Gasteiger partial charge on any atom is 0.130 e. The zero-order valence-electron chi connectivity index (χ0n) is 9.00. The van der Waals surface area contributed by atoms with Crippen LogP contribution in [0.2, 0.25) is 0 Å². The summed E-state index contributed by atoms with van der Waals surface area (Å²) in [6.45, 7) is 0. The lowest BCUT2D eigenvalue weighted by atomic mass is 10.2. The van der Waals surface area contributed by atoms with Crippen molar-refractivity contribution >= 4 is 17.4 Å². The Morgan fingerprint density at radius 2 is 2.12 bits per heavy atom. The minimum absolute atomic E-state index is 0.158. The van der Waals surface area contributed by atoms with Crippen LogP contribution in [0.15, 0.2) is 23.1 Å². The van der Waals surface area contributed by atoms with Gasteiger partial charge in [0, 0.05) is 16.6 Å². The molecule has 86 valence electrons. The van der Waals surface area contributed by atoms with Gasteiger partial charge in [-0.05, 0) is 31.0 Å². The highest BCUT2D eigenvalue weighted by molar-refractivity contribution is 8.00. The summed E-state index contributed by atoms with van der Waals surface area (Å²) >= 11 is 1.67. The number of rotatable bonds is 2. The van der Waals surface area contributed by atoms with Crippen molar-refractivity contribution < 1.29 is 4.39 Å². The van der Waals surface area contributed by atoms with E-state index < -0.39 is 0 Å². The number of fused-ring (bicyclic) bond motifs is 1. The van der Waals surface area contributed by atoms with Crippen LogP contribution < -0.4 is 10.6 Å². The van der Waals surface area contributed by atoms with Gasteiger partial charge in [0.15, 0.2) is 0 Å². The van der Waals surface area contributed by atoms with E-state index in [9.17, 15) is 4.39 Å². The van der Waals surface area contributed by atoms with Gasteiger partial charge in [-0.25, -0.2) is 4.39 Å². The van der Waals surface area contributed by atoms with E-state index in [-0.39, 0.29) is 11.3 Å². The van der Waals surface area contributed by atoms with Gasteiger partial charge in [0.2, 0.25) is 0 Å². The molecular formula is C12H15FN2S. The number of nitrogens with one attached hydrogen (secondary N) is 2. The van der Waals surface area contributed by atoms with Gasteiger partial charge in [0.25, 0.3) is 0 Å². The van der Waals surface area contributed by atoms with Gasteiger partial charge < -0.3 is 5.32 Å². The molecule has 0 saturated heterocycles. The highest BCUT2D eigenvalue weighted by Crippen LogP contribution is 2.38. The second-order valence-electron chi connectivity index (χ2n) is 4.43. The molecule has 1 saturated carbocycles. The summed E-state index contributed by atoms with van der Waals surface area (Å²) in [6, 6.07) is 5.55. The fourth-order valence-electron chi connectivity index (χ4n) is 2.39. The van der Waals surface area contributed by atoms with Crippen molar-refractivity contribution in [1.29, 1.82) is 0 Å². The third-order valence-electron chi connectivity index (χ3n) is 3.22. The predicted octanol–water partition coefficient (Wildman–Crippen LogP) is 3.16. The number of benzene rings is 1. The molecule has 0 aromatic heterocycles. The first-order valence-corrected chi connectivity index (χ1v) is 6.68. The summed E-state index contributed by atoms with van der Waals surface area (Å²) in [5, 5.41) is 6.95. The van der Waals surface area contributed by atoms with Crippen molar-refractivity contribution in [3.63, 3.8) is 0 Å². The molecule has 1 unspecified atom stereocenters. The van der Waals surface area contributed by atoms with E-state index in [1.54, 1.807) is 17.8 Å². The molecule has 1 fully saturated rings. The van der Waals surface area contributed by atoms with E-state index in [2.05, 4.69) is 10.6 Å². The molecule has 2 N–H and O–H groups in total. The quantitative estimate of drug-likeness (QED) is 0.827. The zero-order valence-corrected chi connectivity index (χ0v) is 9.82. The molecular weight excluding hydrogens is 223 g/mol. The van der Waals surface area contributed by atoms with Gasteiger partial charge in [0.1, 0.15) is 11.3 Å². The largest absolute Gasteiger partial charge is 0.360 e. The third-order valence-corrected chi connectivity index (χ3v) is 4.30. The fourth-order valence-corrected chi connectivity index (χ4v) is 3.53. The Kier molecular flexibility index (Phi) is 2.77. The topological polar surface area (TPSA) is 24.1 Å². The van der Waals surface area contributed by atoms with Crippen LogP contribution in [0.25, 0.3) is 0 Å². The van der Waals surface area contributed by atoms with E-state index in [4.69, 9.17) is 0 Å². The number of halogens is 1. The van der Waals surface area contributed by atoms with Crippen LogP contribution in [0.4, 0.5) is 10.1 Å². The summed E-state index contributed by atoms with van der Waals surface area (Å²) < 4.78 is 13.0. The summed E-state index contributed by atoms with van der Waals surface area (Å²) in [4.78, 5) is 1.01. The highest BCUT2D eigenvalue weighted by atomic mass is 32.2. The van der Waals surface area contributed by atoms with Crippen LogP contribution >= 0.6 is 11.8 Å². The van der Waals surface area contributed by atoms with Crippen LogP contribution in [0.1, 0.15) is 25.7 Å². The monoisotopic (exact) mass is 238 g/mol. The molecule has 2 nitrogen and oxygen atoms in total. The normalized spacial score (nSPS) is 24.4. The van der Waals surface area contributed by atoms with Crippen molar-refractivity contribution in [2.75, 3.05) is 5.32 Å². The maximum absolute atomic E-state index is 13.0. The zero-order chi connectivity index (χ0) is 11.0. The Balaban J connectivity index is 1.65. The SMILES string of the molecule is Fc1ccc2c(c1)SC(NC1CCCC1)N2. The Morgan fingerprint density at radius 3 is 2.94 bits per heavy atom. The van der Waals surface area contributed by atoms with E-state index in [0.717, 1.165) is 10.6 Å². The van der Waals surface area contributed by atoms with Crippen LogP contribution in [-0.2, 0) is 0 Å². The molecule has 16 heavy (non-hydrogen) atoms. The van der Waals surface area contributed by atoms with E-state index in [1.165, 1.54) is 31.7 Å². The van der Waals surface area contributed by atoms with Crippen molar-refractivity contribution in [3.8, 4) is 0 Å². The minimum Gasteiger partial charge on any atom is -0.360 e. The first-order chi connectivity index (χ1) is 7.81. The van der Waals surface area contributed by atoms with Crippen molar-refractivity contribution in [1.82, 2.24) is 5.32 Å². The highest BCUT2D eigenvalue weighted by Gasteiger charge is 2.25. The summed E-state index contributed by atoms with van der Waals surface area (Å²) in [5.41, 5.74) is 1.25. The minimum atomic E-state index is -0.158. The third kappa shape index (κ3) is 2.04. The van der Waals surface area contributed by atoms with Crippen LogP contribution in [0.5, 0.6) is 0 Å². The summed E-state index contributed by atoms with van der Waals surface area (Å²) in [7, 11) is 0. The number of hydrogen-bond acceptors (Lipinski definition) is 3. The van der Waals surface area contributed by atoms with Crippen molar-refractivity contribution in [3.05, 3.63) is 24.0 Å². The molecule has 1 heterocycles. The summed E-state index contributed by atoms with van der Waals surface area (Å²) in [5.74, 6) is -0.158. The lowest BCUT2D eigenvalue weighted by molar-refractivity contribution is 0.530. The van der Waals surface area contributed by atoms with E-state index >= 15 is 0 Å². The Bertz CT molecular complexity index is 391. The maximum atomic E-state index is 13.0. The molecule has 1 aliphatic heterocycles. The molecule has 4 heteroatoms. The van der Waals surface area contributed by atoms with Gasteiger partial charge in [-0.15, -0.1) is 0 Å². The van der Waals surface area contributed by atoms with Crippen molar-refractivity contribution in [2.45, 2.75) is 42.1 Å². The number of hydrogen-bond donors (Lipinski definition) is 2. The predicted molar refractivity (Wildman–Crippen MR) is 65.1 cm³/mol. The Labute approximate surface area is 99.0 Å². The fraction of sp³-hybridized carbons (Fsp3) is 0.500.